The standard InChI is InChI=1S/C6H8I2N2O2/c7-5-6(8)10(3-9-5)4-12-2-1-11/h3,11H,1-2,4H2. The number of halogens is 2. The molecule has 0 unspecified atom stereocenters. The Kier molecular flexibility index (Phi) is 4.75. The number of imidazole rings is 1. The molecule has 0 aliphatic carbocycles. The Morgan fingerprint density at radius 1 is 1.58 bits per heavy atom. The Labute approximate surface area is 97.6 Å². The molecule has 1 heterocycles. The van der Waals surface area contributed by atoms with E-state index < -0.39 is 0 Å². The van der Waals surface area contributed by atoms with Gasteiger partial charge in [0, 0.05) is 0 Å². The van der Waals surface area contributed by atoms with Crippen molar-refractivity contribution in [1.29, 1.82) is 0 Å². The number of aromatic nitrogens is 2. The van der Waals surface area contributed by atoms with Crippen LogP contribution in [0.2, 0.25) is 0 Å². The second-order valence-electron chi connectivity index (χ2n) is 2.06. The van der Waals surface area contributed by atoms with Crippen molar-refractivity contribution in [2.24, 2.45) is 0 Å². The molecule has 0 spiro atoms. The molecule has 4 nitrogen and oxygen atoms in total. The van der Waals surface area contributed by atoms with Gasteiger partial charge >= 0.3 is 0 Å². The van der Waals surface area contributed by atoms with Crippen molar-refractivity contribution in [3.8, 4) is 0 Å². The fourth-order valence-corrected chi connectivity index (χ4v) is 1.50. The lowest BCUT2D eigenvalue weighted by Gasteiger charge is -2.03. The number of aliphatic hydroxyl groups is 1. The lowest BCUT2D eigenvalue weighted by atomic mass is 10.8. The minimum atomic E-state index is 0.0579. The first-order valence-electron chi connectivity index (χ1n) is 3.30. The second kappa shape index (κ2) is 5.35. The van der Waals surface area contributed by atoms with Gasteiger partial charge in [0.15, 0.2) is 0 Å². The Morgan fingerprint density at radius 3 is 2.83 bits per heavy atom. The second-order valence-corrected chi connectivity index (χ2v) is 4.10. The predicted octanol–water partition coefficient (Wildman–Crippen LogP) is 1.06. The molecule has 0 amide bonds. The third-order valence-corrected chi connectivity index (χ3v) is 4.15. The fraction of sp³-hybridized carbons (Fsp3) is 0.500. The normalized spacial score (nSPS) is 10.6. The summed E-state index contributed by atoms with van der Waals surface area (Å²) in [5, 5.41) is 8.47. The topological polar surface area (TPSA) is 47.3 Å². The van der Waals surface area contributed by atoms with Crippen molar-refractivity contribution < 1.29 is 9.84 Å². The Balaban J connectivity index is 2.46. The Morgan fingerprint density at radius 2 is 2.33 bits per heavy atom. The van der Waals surface area contributed by atoms with Gasteiger partial charge in [-0.1, -0.05) is 0 Å². The summed E-state index contributed by atoms with van der Waals surface area (Å²) in [6.45, 7) is 0.877. The van der Waals surface area contributed by atoms with Gasteiger partial charge < -0.3 is 14.4 Å². The van der Waals surface area contributed by atoms with Gasteiger partial charge in [0.05, 0.1) is 19.5 Å². The highest BCUT2D eigenvalue weighted by Crippen LogP contribution is 2.12. The first-order chi connectivity index (χ1) is 5.75. The molecule has 68 valence electrons. The van der Waals surface area contributed by atoms with Gasteiger partial charge in [0.25, 0.3) is 0 Å². The van der Waals surface area contributed by atoms with Crippen molar-refractivity contribution in [3.63, 3.8) is 0 Å². The molecular formula is C6H8I2N2O2. The van der Waals surface area contributed by atoms with Crippen LogP contribution in [-0.2, 0) is 11.5 Å². The molecule has 0 radical (unpaired) electrons. The van der Waals surface area contributed by atoms with Crippen LogP contribution in [0.25, 0.3) is 0 Å². The minimum absolute atomic E-state index is 0.0579. The van der Waals surface area contributed by atoms with E-state index in [4.69, 9.17) is 9.84 Å². The van der Waals surface area contributed by atoms with Crippen molar-refractivity contribution in [3.05, 3.63) is 13.7 Å². The zero-order chi connectivity index (χ0) is 8.97. The lowest BCUT2D eigenvalue weighted by molar-refractivity contribution is 0.0469. The largest absolute Gasteiger partial charge is 0.394 e. The summed E-state index contributed by atoms with van der Waals surface area (Å²) in [6.07, 6.45) is 1.72. The van der Waals surface area contributed by atoms with Gasteiger partial charge in [-0.2, -0.15) is 0 Å². The molecule has 1 aromatic heterocycles. The minimum Gasteiger partial charge on any atom is -0.394 e. The zero-order valence-electron chi connectivity index (χ0n) is 6.20. The molecule has 0 aromatic carbocycles. The fourth-order valence-electron chi connectivity index (χ4n) is 0.660. The van der Waals surface area contributed by atoms with E-state index in [-0.39, 0.29) is 6.61 Å². The maximum absolute atomic E-state index is 8.47. The molecule has 0 saturated heterocycles. The molecule has 12 heavy (non-hydrogen) atoms. The summed E-state index contributed by atoms with van der Waals surface area (Å²) in [5.41, 5.74) is 0. The van der Waals surface area contributed by atoms with Crippen LogP contribution >= 0.6 is 45.2 Å². The van der Waals surface area contributed by atoms with Crippen molar-refractivity contribution in [1.82, 2.24) is 9.55 Å². The summed E-state index contributed by atoms with van der Waals surface area (Å²) in [4.78, 5) is 4.09. The summed E-state index contributed by atoms with van der Waals surface area (Å²) < 4.78 is 9.05. The third-order valence-electron chi connectivity index (χ3n) is 1.20. The van der Waals surface area contributed by atoms with E-state index >= 15 is 0 Å². The van der Waals surface area contributed by atoms with E-state index in [0.29, 0.717) is 13.3 Å². The van der Waals surface area contributed by atoms with Crippen LogP contribution in [0, 0.1) is 7.40 Å². The van der Waals surface area contributed by atoms with Crippen molar-refractivity contribution in [2.75, 3.05) is 13.2 Å². The van der Waals surface area contributed by atoms with Gasteiger partial charge in [-0.3, -0.25) is 0 Å². The number of nitrogens with zero attached hydrogens (tertiary/aromatic N) is 2. The molecule has 0 aliphatic heterocycles. The van der Waals surface area contributed by atoms with Crippen LogP contribution in [0.15, 0.2) is 6.33 Å². The van der Waals surface area contributed by atoms with E-state index in [1.54, 1.807) is 6.33 Å². The molecule has 1 aromatic rings. The SMILES string of the molecule is OCCOCn1cnc(I)c1I. The number of aliphatic hydroxyl groups excluding tert-OH is 1. The molecule has 0 saturated carbocycles. The number of hydrogen-bond acceptors (Lipinski definition) is 3. The van der Waals surface area contributed by atoms with E-state index in [1.165, 1.54) is 0 Å². The molecular weight excluding hydrogens is 386 g/mol. The van der Waals surface area contributed by atoms with Crippen molar-refractivity contribution in [2.45, 2.75) is 6.73 Å². The highest BCUT2D eigenvalue weighted by atomic mass is 127. The van der Waals surface area contributed by atoms with Crippen LogP contribution in [-0.4, -0.2) is 27.9 Å². The van der Waals surface area contributed by atoms with Gasteiger partial charge in [-0.25, -0.2) is 4.98 Å². The van der Waals surface area contributed by atoms with Crippen LogP contribution in [0.5, 0.6) is 0 Å². The van der Waals surface area contributed by atoms with E-state index in [0.717, 1.165) is 7.40 Å². The Hall–Kier alpha value is 0.590. The van der Waals surface area contributed by atoms with Gasteiger partial charge in [0.1, 0.15) is 14.1 Å². The number of ether oxygens (including phenoxy) is 1. The molecule has 0 fully saturated rings. The average molecular weight is 394 g/mol. The van der Waals surface area contributed by atoms with Gasteiger partial charge in [-0.15, -0.1) is 0 Å². The smallest absolute Gasteiger partial charge is 0.133 e. The van der Waals surface area contributed by atoms with Crippen LogP contribution in [0.4, 0.5) is 0 Å². The maximum Gasteiger partial charge on any atom is 0.133 e. The highest BCUT2D eigenvalue weighted by Gasteiger charge is 2.03. The lowest BCUT2D eigenvalue weighted by Crippen LogP contribution is -2.06. The predicted molar refractivity (Wildman–Crippen MR) is 60.7 cm³/mol. The first kappa shape index (κ1) is 10.7. The van der Waals surface area contributed by atoms with Crippen molar-refractivity contribution >= 4 is 45.2 Å². The number of hydrogen-bond donors (Lipinski definition) is 1. The first-order valence-corrected chi connectivity index (χ1v) is 5.46. The molecule has 1 rings (SSSR count). The molecule has 0 aliphatic rings. The maximum atomic E-state index is 8.47. The van der Waals surface area contributed by atoms with Crippen LogP contribution in [0.1, 0.15) is 0 Å². The van der Waals surface area contributed by atoms with Crippen LogP contribution < -0.4 is 0 Å². The van der Waals surface area contributed by atoms with Gasteiger partial charge in [-0.05, 0) is 45.2 Å². The molecule has 1 N–H and O–H groups in total. The zero-order valence-corrected chi connectivity index (χ0v) is 10.5. The van der Waals surface area contributed by atoms with E-state index in [1.807, 2.05) is 4.57 Å². The molecule has 0 bridgehead atoms. The Bertz CT molecular complexity index is 252. The number of rotatable bonds is 4. The highest BCUT2D eigenvalue weighted by molar-refractivity contribution is 14.1. The van der Waals surface area contributed by atoms with Gasteiger partial charge in [0.2, 0.25) is 0 Å². The molecule has 6 heteroatoms. The summed E-state index contributed by atoms with van der Waals surface area (Å²) in [5.74, 6) is 0. The average Bonchev–Trinajstić information content (AvgIpc) is 2.36. The quantitative estimate of drug-likeness (QED) is 0.614. The van der Waals surface area contributed by atoms with E-state index in [2.05, 4.69) is 50.2 Å². The third kappa shape index (κ3) is 2.82. The van der Waals surface area contributed by atoms with Crippen LogP contribution in [0.3, 0.4) is 0 Å². The summed E-state index contributed by atoms with van der Waals surface area (Å²) in [6, 6.07) is 0. The molecule has 0 atom stereocenters. The van der Waals surface area contributed by atoms with E-state index in [9.17, 15) is 0 Å². The monoisotopic (exact) mass is 394 g/mol. The summed E-state index contributed by atoms with van der Waals surface area (Å²) >= 11 is 4.36. The summed E-state index contributed by atoms with van der Waals surface area (Å²) in [7, 11) is 0.